The first-order chi connectivity index (χ1) is 61.4. The van der Waals surface area contributed by atoms with Crippen molar-refractivity contribution < 1.29 is 110 Å². The fourth-order valence-corrected chi connectivity index (χ4v) is 16.8. The normalized spacial score (nSPS) is 27.9. The van der Waals surface area contributed by atoms with Gasteiger partial charge in [-0.1, -0.05) is 76.2 Å². The number of oxazole rings is 1. The number of methoxy groups -OCH3 is 3. The predicted molar refractivity (Wildman–Crippen MR) is 476 cm³/mol. The molecule has 3 fully saturated rings. The van der Waals surface area contributed by atoms with Gasteiger partial charge in [-0.15, -0.1) is 5.53 Å². The van der Waals surface area contributed by atoms with E-state index in [0.717, 1.165) is 30.4 Å². The lowest BCUT2D eigenvalue weighted by atomic mass is 9.78. The number of nitrogens with two attached hydrogens (primary N) is 2. The summed E-state index contributed by atoms with van der Waals surface area (Å²) >= 11 is 0. The number of piperidine rings is 1. The Kier molecular flexibility index (Phi) is 44.2. The number of aliphatic hydroxyl groups excluding tert-OH is 2. The highest BCUT2D eigenvalue weighted by Crippen LogP contribution is 2.40. The van der Waals surface area contributed by atoms with Crippen molar-refractivity contribution in [2.24, 2.45) is 40.7 Å². The monoisotopic (exact) mass is 1790 g/mol. The van der Waals surface area contributed by atoms with Gasteiger partial charge in [0.2, 0.25) is 11.7 Å². The van der Waals surface area contributed by atoms with E-state index in [4.69, 9.17) is 97.3 Å². The van der Waals surface area contributed by atoms with Crippen molar-refractivity contribution in [3.05, 3.63) is 84.0 Å². The number of aromatic nitrogens is 5. The molecule has 4 aromatic rings. The average molecular weight is 1790 g/mol. The molecule has 36 nitrogen and oxygen atoms in total. The number of ether oxygens (including phenoxy) is 14. The zero-order valence-corrected chi connectivity index (χ0v) is 76.4. The van der Waals surface area contributed by atoms with Gasteiger partial charge < -0.3 is 118 Å². The quantitative estimate of drug-likeness (QED) is 0.00679. The van der Waals surface area contributed by atoms with E-state index in [9.17, 15) is 34.5 Å². The Bertz CT molecular complexity index is 4180. The number of benzene rings is 1. The van der Waals surface area contributed by atoms with Crippen LogP contribution < -0.4 is 27.7 Å². The number of aryl methyl sites for hydroxylation is 1. The lowest BCUT2D eigenvalue weighted by Gasteiger charge is -2.43. The SMILES string of the molecule is CCO[C@@H]1C[C@@H]([C@H](C)C[C@@H]2CC[C@@H](O)[C@H](OC)C2)OC(=O)[C@@H]2CCCCN2C(=O)C(=O)[C@]2(O)O[C@@H](CC[C@H]2C)C[C@H](OC)/C(C)=C/C=C/C=C/[C@@H](C)C[C@@H](C)/C(=N\OCC2=CN(CCOCCOCCOCCOCCOCCOCCOCCOCCC(=O)NCCCCn3nc(-c4ccc5oc(N)nc5c4)c4c(N)ncnc43)NN2)[C@H](OC)[C@H](O)/C(C)=C/[C@H]1C. The van der Waals surface area contributed by atoms with E-state index < -0.39 is 78.1 Å². The summed E-state index contributed by atoms with van der Waals surface area (Å²) < 4.78 is 89.9. The van der Waals surface area contributed by atoms with E-state index >= 15 is 0 Å². The molecule has 2 bridgehead atoms. The number of anilines is 2. The molecular weight excluding hydrogens is 1640 g/mol. The minimum atomic E-state index is -2.44. The third-order valence-corrected chi connectivity index (χ3v) is 24.0. The van der Waals surface area contributed by atoms with Crippen molar-refractivity contribution in [2.45, 2.75) is 219 Å². The summed E-state index contributed by atoms with van der Waals surface area (Å²) in [7, 11) is 4.75. The maximum Gasteiger partial charge on any atom is 0.329 e. The van der Waals surface area contributed by atoms with E-state index in [1.165, 1.54) is 11.2 Å². The van der Waals surface area contributed by atoms with Gasteiger partial charge in [0.1, 0.15) is 47.7 Å². The van der Waals surface area contributed by atoms with Crippen molar-refractivity contribution >= 4 is 63.2 Å². The van der Waals surface area contributed by atoms with E-state index in [0.29, 0.717) is 234 Å². The second-order valence-corrected chi connectivity index (χ2v) is 33.7. The lowest BCUT2D eigenvalue weighted by molar-refractivity contribution is -0.265. The number of nitrogen functional groups attached to an aromatic ring is 2. The average Bonchev–Trinajstić information content (AvgIpc) is 1.73. The van der Waals surface area contributed by atoms with Gasteiger partial charge in [-0.3, -0.25) is 19.4 Å². The van der Waals surface area contributed by atoms with Crippen molar-refractivity contribution in [3.63, 3.8) is 0 Å². The van der Waals surface area contributed by atoms with Gasteiger partial charge in [0.15, 0.2) is 17.8 Å². The number of carbonyl (C=O) groups is 4. The molecule has 4 aliphatic heterocycles. The number of esters is 1. The molecule has 1 saturated carbocycles. The Balaban J connectivity index is 0.650. The van der Waals surface area contributed by atoms with Crippen LogP contribution in [0.5, 0.6) is 0 Å². The molecule has 3 aromatic heterocycles. The molecule has 9 rings (SSSR count). The third-order valence-electron chi connectivity index (χ3n) is 24.0. The van der Waals surface area contributed by atoms with Crippen LogP contribution in [0.25, 0.3) is 33.4 Å². The number of allylic oxidation sites excluding steroid dienone is 5. The number of fused-ring (bicyclic) bond motifs is 5. The van der Waals surface area contributed by atoms with Crippen LogP contribution in [0.3, 0.4) is 0 Å². The molecule has 7 heterocycles. The smallest absolute Gasteiger partial charge is 0.329 e. The first-order valence-corrected chi connectivity index (χ1v) is 45.4. The minimum Gasteiger partial charge on any atom is -0.460 e. The number of carbonyl (C=O) groups excluding carboxylic acids is 4. The summed E-state index contributed by atoms with van der Waals surface area (Å²) in [6, 6.07) is 4.47. The topological polar surface area (TPSA) is 444 Å². The van der Waals surface area contributed by atoms with Crippen LogP contribution in [0.4, 0.5) is 11.8 Å². The number of Topliss-reactive ketones (excluding diaryl/α,β-unsaturated/α-hetero) is 1. The summed E-state index contributed by atoms with van der Waals surface area (Å²) in [5.74, 6) is -6.33. The molecule has 0 unspecified atom stereocenters. The van der Waals surface area contributed by atoms with E-state index in [1.807, 2.05) is 95.3 Å². The van der Waals surface area contributed by atoms with Gasteiger partial charge in [-0.2, -0.15) is 10.1 Å². The maximum atomic E-state index is 14.9. The van der Waals surface area contributed by atoms with E-state index in [1.54, 1.807) is 39.0 Å². The van der Waals surface area contributed by atoms with Gasteiger partial charge in [0.05, 0.1) is 160 Å². The van der Waals surface area contributed by atoms with Crippen LogP contribution in [0, 0.1) is 35.5 Å². The summed E-state index contributed by atoms with van der Waals surface area (Å²) in [6.07, 6.45) is 17.6. The number of nitrogens with zero attached hydrogens (tertiary/aromatic N) is 8. The van der Waals surface area contributed by atoms with Crippen LogP contribution in [0.15, 0.2) is 93.6 Å². The maximum absolute atomic E-state index is 14.9. The molecule has 16 atom stereocenters. The second kappa shape index (κ2) is 54.6. The molecule has 36 heteroatoms. The summed E-state index contributed by atoms with van der Waals surface area (Å²) in [6.45, 7) is 24.1. The zero-order chi connectivity index (χ0) is 91.0. The molecule has 2 amide bonds. The highest BCUT2D eigenvalue weighted by Gasteiger charge is 2.53. The Labute approximate surface area is 747 Å². The van der Waals surface area contributed by atoms with Crippen LogP contribution in [-0.2, 0) is 96.9 Å². The molecule has 710 valence electrons. The number of hydrogen-bond acceptors (Lipinski definition) is 33. The van der Waals surface area contributed by atoms with Gasteiger partial charge in [0.25, 0.3) is 17.7 Å². The molecule has 2 saturated heterocycles. The molecule has 127 heavy (non-hydrogen) atoms. The van der Waals surface area contributed by atoms with E-state index in [2.05, 4.69) is 44.2 Å². The second-order valence-electron chi connectivity index (χ2n) is 33.7. The van der Waals surface area contributed by atoms with Crippen molar-refractivity contribution in [1.29, 1.82) is 0 Å². The number of amides is 2. The van der Waals surface area contributed by atoms with Crippen LogP contribution in [0.1, 0.15) is 152 Å². The largest absolute Gasteiger partial charge is 0.460 e. The van der Waals surface area contributed by atoms with Gasteiger partial charge >= 0.3 is 5.97 Å². The molecule has 0 radical (unpaired) electrons. The summed E-state index contributed by atoms with van der Waals surface area (Å²) in [4.78, 5) is 76.8. The van der Waals surface area contributed by atoms with Crippen LogP contribution in [-0.4, -0.2) is 300 Å². The standard InChI is InChI=1S/C91H143N13O23/c1-12-123-76-56-77(63(5)52-67-24-27-73(105)78(53-67)113-10)125-89(110)72-22-16-18-31-103(72)88(109)85(108)91(111)66(8)23-26-70(127-91)55-75(112-9)61(3)21-15-13-14-20-60(2)50-64(6)81(84(114-11)83(107)65(7)51-62(76)4)100-124-58-69-57-102(101-98-69)33-35-116-37-39-118-41-43-120-45-47-122-49-48-121-46-44-119-42-40-117-38-36-115-34-29-79(106)94-30-17-19-32-104-87-80(86(92)95-59-96-87)82(99-104)68-25-28-74-71(54-68)97-90(93)126-74/h13-15,20-21,25,28,51,54,57,59-60,62-64,66-67,70,72-73,75-78,83-84,98,101,105,107,111H,12,16-19,22-24,26-27,29-50,52-53,55-56,58H2,1-11H3,(H2,93,97)(H,94,106)(H2,92,95,96)/b15-13+,20-14+,61-21+,65-51+,100-81+/t60-,62-,63-,64-,66-,67+,70+,72+,73-,75+,76-,77+,78-,83-,84+,91-/m1/s1. The predicted octanol–water partition coefficient (Wildman–Crippen LogP) is 8.22. The highest BCUT2D eigenvalue weighted by atomic mass is 16.6. The minimum absolute atomic E-state index is 0.0321. The number of unbranched alkanes of at least 4 members (excludes halogenated alkanes) is 1. The molecular formula is C91H143N13O23. The molecule has 5 aliphatic rings. The summed E-state index contributed by atoms with van der Waals surface area (Å²) in [5, 5.41) is 50.5. The van der Waals surface area contributed by atoms with E-state index in [-0.39, 0.29) is 86.6 Å². The first-order valence-electron chi connectivity index (χ1n) is 45.4. The summed E-state index contributed by atoms with van der Waals surface area (Å²) in [5.41, 5.74) is 24.2. The number of cyclic esters (lactones) is 1. The Hall–Kier alpha value is -7.99. The number of rotatable bonds is 44. The Morgan fingerprint density at radius 2 is 1.44 bits per heavy atom. The van der Waals surface area contributed by atoms with Gasteiger partial charge in [-0.25, -0.2) is 19.4 Å². The Morgan fingerprint density at radius 3 is 2.11 bits per heavy atom. The number of nitrogens with one attached hydrogen (secondary N) is 3. The van der Waals surface area contributed by atoms with Crippen molar-refractivity contribution in [2.75, 3.05) is 171 Å². The van der Waals surface area contributed by atoms with Gasteiger partial charge in [0, 0.05) is 96.4 Å². The number of ketones is 1. The van der Waals surface area contributed by atoms with Crippen LogP contribution in [0.2, 0.25) is 0 Å². The number of oxime groups is 1. The van der Waals surface area contributed by atoms with Crippen molar-refractivity contribution in [1.82, 2.24) is 50.9 Å². The zero-order valence-electron chi connectivity index (χ0n) is 76.4. The molecule has 1 aliphatic carbocycles. The van der Waals surface area contributed by atoms with Gasteiger partial charge in [-0.05, 0) is 145 Å². The number of hydrogen-bond donors (Lipinski definition) is 8. The highest BCUT2D eigenvalue weighted by molar-refractivity contribution is 6.39. The van der Waals surface area contributed by atoms with Crippen molar-refractivity contribution in [3.8, 4) is 11.3 Å². The fraction of sp³-hybridized carbons (Fsp3) is 0.703. The fourth-order valence-electron chi connectivity index (χ4n) is 16.8. The molecule has 1 aromatic carbocycles. The number of aliphatic hydroxyl groups is 3. The molecule has 0 spiro atoms. The Morgan fingerprint density at radius 1 is 0.756 bits per heavy atom. The molecule has 10 N–H and O–H groups in total. The lowest BCUT2D eigenvalue weighted by Crippen LogP contribution is -2.61. The van der Waals surface area contributed by atoms with Crippen LogP contribution >= 0.6 is 0 Å². The number of hydrazine groups is 2. The third kappa shape index (κ3) is 32.2. The first kappa shape index (κ1) is 103.